The number of carbonyl (C=O) groups excluding carboxylic acids is 2. The summed E-state index contributed by atoms with van der Waals surface area (Å²) >= 11 is 7.84. The number of amides is 1. The third kappa shape index (κ3) is 4.49. The molecule has 0 aromatic carbocycles. The van der Waals surface area contributed by atoms with Gasteiger partial charge in [-0.1, -0.05) is 16.1 Å². The minimum absolute atomic E-state index is 0.0170. The molecule has 0 aliphatic carbocycles. The molecule has 3 heterocycles. The van der Waals surface area contributed by atoms with Gasteiger partial charge < -0.3 is 4.90 Å². The Morgan fingerprint density at radius 1 is 1.33 bits per heavy atom. The zero-order valence-corrected chi connectivity index (χ0v) is 16.8. The third-order valence-electron chi connectivity index (χ3n) is 4.30. The Labute approximate surface area is 167 Å². The third-order valence-corrected chi connectivity index (χ3v) is 6.50. The zero-order chi connectivity index (χ0) is 19.6. The molecule has 1 fully saturated rings. The fraction of sp³-hybridized carbons (Fsp3) is 0.467. The van der Waals surface area contributed by atoms with E-state index in [4.69, 9.17) is 11.6 Å². The van der Waals surface area contributed by atoms with Gasteiger partial charge in [-0.15, -0.1) is 16.4 Å². The van der Waals surface area contributed by atoms with E-state index in [-0.39, 0.29) is 28.1 Å². The molecule has 144 valence electrons. The van der Waals surface area contributed by atoms with Crippen molar-refractivity contribution in [3.05, 3.63) is 36.0 Å². The van der Waals surface area contributed by atoms with E-state index in [0.29, 0.717) is 48.2 Å². The molecule has 0 atom stereocenters. The molecule has 27 heavy (non-hydrogen) atoms. The minimum atomic E-state index is -0.591. The number of hydrogen-bond donors (Lipinski definition) is 0. The molecule has 1 aliphatic rings. The van der Waals surface area contributed by atoms with Crippen LogP contribution in [-0.2, 0) is 0 Å². The van der Waals surface area contributed by atoms with Gasteiger partial charge in [-0.05, 0) is 18.5 Å². The van der Waals surface area contributed by atoms with Gasteiger partial charge >= 0.3 is 0 Å². The molecule has 0 radical (unpaired) electrons. The number of piperazine rings is 1. The number of aryl methyl sites for hydroxylation is 1. The van der Waals surface area contributed by atoms with Crippen LogP contribution in [0.4, 0.5) is 5.69 Å². The Hall–Kier alpha value is -1.95. The summed E-state index contributed by atoms with van der Waals surface area (Å²) in [7, 11) is 0. The number of halogens is 1. The summed E-state index contributed by atoms with van der Waals surface area (Å²) in [6.45, 7) is 4.76. The van der Waals surface area contributed by atoms with Crippen LogP contribution in [0.3, 0.4) is 0 Å². The summed E-state index contributed by atoms with van der Waals surface area (Å²) in [4.78, 5) is 39.7. The molecule has 0 N–H and O–H groups in total. The van der Waals surface area contributed by atoms with Crippen molar-refractivity contribution in [1.82, 2.24) is 19.4 Å². The predicted octanol–water partition coefficient (Wildman–Crippen LogP) is 2.50. The second-order valence-electron chi connectivity index (χ2n) is 6.02. The van der Waals surface area contributed by atoms with E-state index in [1.165, 1.54) is 6.07 Å². The maximum Gasteiger partial charge on any atom is 0.299 e. The molecule has 2 aromatic rings. The number of nitrogens with zero attached hydrogens (tertiary/aromatic N) is 5. The number of Topliss-reactive ketones (excluding diaryl/α,β-unsaturated/α-hetero) is 1. The van der Waals surface area contributed by atoms with Crippen LogP contribution in [0, 0.1) is 17.0 Å². The first-order valence-corrected chi connectivity index (χ1v) is 10.1. The SMILES string of the molecule is Cc1nnsc1C(=O)N1CCN(CCC(=O)c2cc([N+](=O)[O-])c(Cl)s2)CC1. The van der Waals surface area contributed by atoms with Crippen molar-refractivity contribution >= 4 is 51.8 Å². The zero-order valence-electron chi connectivity index (χ0n) is 14.4. The maximum atomic E-state index is 12.4. The van der Waals surface area contributed by atoms with Crippen molar-refractivity contribution in [2.75, 3.05) is 32.7 Å². The van der Waals surface area contributed by atoms with Crippen LogP contribution >= 0.6 is 34.5 Å². The van der Waals surface area contributed by atoms with Crippen LogP contribution < -0.4 is 0 Å². The molecule has 0 saturated carbocycles. The highest BCUT2D eigenvalue weighted by molar-refractivity contribution is 7.18. The molecule has 1 saturated heterocycles. The Balaban J connectivity index is 1.49. The quantitative estimate of drug-likeness (QED) is 0.394. The lowest BCUT2D eigenvalue weighted by molar-refractivity contribution is -0.384. The van der Waals surface area contributed by atoms with Crippen molar-refractivity contribution in [1.29, 1.82) is 0 Å². The van der Waals surface area contributed by atoms with E-state index < -0.39 is 4.92 Å². The Bertz CT molecular complexity index is 875. The minimum Gasteiger partial charge on any atom is -0.335 e. The summed E-state index contributed by atoms with van der Waals surface area (Å²) in [5.74, 6) is -0.223. The molecule has 0 unspecified atom stereocenters. The van der Waals surface area contributed by atoms with Crippen LogP contribution in [0.2, 0.25) is 4.34 Å². The molecule has 3 rings (SSSR count). The summed E-state index contributed by atoms with van der Waals surface area (Å²) in [6.07, 6.45) is 0.250. The Morgan fingerprint density at radius 3 is 2.59 bits per heavy atom. The number of carbonyl (C=O) groups is 2. The highest BCUT2D eigenvalue weighted by Crippen LogP contribution is 2.34. The van der Waals surface area contributed by atoms with E-state index in [0.717, 1.165) is 22.9 Å². The van der Waals surface area contributed by atoms with Crippen LogP contribution in [0.1, 0.15) is 31.5 Å². The van der Waals surface area contributed by atoms with Gasteiger partial charge in [-0.3, -0.25) is 24.6 Å². The van der Waals surface area contributed by atoms with Gasteiger partial charge in [0.1, 0.15) is 4.88 Å². The standard InChI is InChI=1S/C15H16ClN5O4S2/c1-9-13(27-18-17-9)15(23)20-6-4-19(5-7-20)3-2-11(22)12-8-10(21(24)25)14(16)26-12/h8H,2-7H2,1H3. The van der Waals surface area contributed by atoms with Crippen molar-refractivity contribution < 1.29 is 14.5 Å². The van der Waals surface area contributed by atoms with Gasteiger partial charge in [0.25, 0.3) is 11.6 Å². The number of hydrogen-bond acceptors (Lipinski definition) is 9. The number of thiophene rings is 1. The molecule has 1 aliphatic heterocycles. The molecule has 2 aromatic heterocycles. The predicted molar refractivity (Wildman–Crippen MR) is 102 cm³/mol. The van der Waals surface area contributed by atoms with E-state index in [1.807, 2.05) is 0 Å². The first kappa shape index (κ1) is 19.8. The van der Waals surface area contributed by atoms with E-state index >= 15 is 0 Å². The lowest BCUT2D eigenvalue weighted by Crippen LogP contribution is -2.49. The van der Waals surface area contributed by atoms with Gasteiger partial charge in [0, 0.05) is 45.2 Å². The van der Waals surface area contributed by atoms with E-state index in [1.54, 1.807) is 11.8 Å². The van der Waals surface area contributed by atoms with E-state index in [9.17, 15) is 19.7 Å². The maximum absolute atomic E-state index is 12.4. The molecular formula is C15H16ClN5O4S2. The molecule has 1 amide bonds. The fourth-order valence-electron chi connectivity index (χ4n) is 2.75. The average Bonchev–Trinajstić information content (AvgIpc) is 3.25. The number of ketones is 1. The fourth-order valence-corrected chi connectivity index (χ4v) is 4.57. The molecule has 12 heteroatoms. The van der Waals surface area contributed by atoms with Gasteiger partial charge in [0.15, 0.2) is 10.1 Å². The monoisotopic (exact) mass is 429 g/mol. The number of rotatable bonds is 6. The Morgan fingerprint density at radius 2 is 2.04 bits per heavy atom. The lowest BCUT2D eigenvalue weighted by atomic mass is 10.2. The Kier molecular flexibility index (Phi) is 6.15. The average molecular weight is 430 g/mol. The van der Waals surface area contributed by atoms with Gasteiger partial charge in [-0.2, -0.15) is 0 Å². The second-order valence-corrected chi connectivity index (χ2v) is 8.43. The van der Waals surface area contributed by atoms with Crippen LogP contribution in [0.15, 0.2) is 6.07 Å². The summed E-state index contributed by atoms with van der Waals surface area (Å²) < 4.78 is 3.81. The summed E-state index contributed by atoms with van der Waals surface area (Å²) in [5, 5.41) is 14.7. The van der Waals surface area contributed by atoms with Crippen molar-refractivity contribution in [2.45, 2.75) is 13.3 Å². The van der Waals surface area contributed by atoms with Crippen molar-refractivity contribution in [3.63, 3.8) is 0 Å². The molecule has 0 bridgehead atoms. The largest absolute Gasteiger partial charge is 0.335 e. The van der Waals surface area contributed by atoms with Gasteiger partial charge in [0.05, 0.1) is 15.5 Å². The van der Waals surface area contributed by atoms with Crippen molar-refractivity contribution in [2.24, 2.45) is 0 Å². The first-order valence-electron chi connectivity index (χ1n) is 8.14. The van der Waals surface area contributed by atoms with Crippen molar-refractivity contribution in [3.8, 4) is 0 Å². The highest BCUT2D eigenvalue weighted by atomic mass is 35.5. The van der Waals surface area contributed by atoms with Crippen LogP contribution in [0.5, 0.6) is 0 Å². The first-order chi connectivity index (χ1) is 12.9. The van der Waals surface area contributed by atoms with E-state index in [2.05, 4.69) is 14.5 Å². The van der Waals surface area contributed by atoms with Gasteiger partial charge in [-0.25, -0.2) is 0 Å². The molecule has 0 spiro atoms. The summed E-state index contributed by atoms with van der Waals surface area (Å²) in [6, 6.07) is 1.23. The highest BCUT2D eigenvalue weighted by Gasteiger charge is 2.26. The van der Waals surface area contributed by atoms with Crippen LogP contribution in [-0.4, -0.2) is 68.7 Å². The molecular weight excluding hydrogens is 414 g/mol. The topological polar surface area (TPSA) is 110 Å². The number of nitro groups is 1. The second kappa shape index (κ2) is 8.38. The summed E-state index contributed by atoms with van der Waals surface area (Å²) in [5.41, 5.74) is 0.409. The number of aromatic nitrogens is 2. The molecule has 9 nitrogen and oxygen atoms in total. The van der Waals surface area contributed by atoms with Gasteiger partial charge in [0.2, 0.25) is 0 Å². The van der Waals surface area contributed by atoms with Crippen LogP contribution in [0.25, 0.3) is 0 Å². The lowest BCUT2D eigenvalue weighted by Gasteiger charge is -2.34. The normalized spacial score (nSPS) is 15.1. The smallest absolute Gasteiger partial charge is 0.299 e.